The number of hydrogen-bond donors (Lipinski definition) is 2. The van der Waals surface area contributed by atoms with Crippen molar-refractivity contribution in [3.8, 4) is 0 Å². The molecule has 0 aromatic heterocycles. The van der Waals surface area contributed by atoms with Crippen molar-refractivity contribution in [3.63, 3.8) is 0 Å². The molecular weight excluding hydrogens is 234 g/mol. The molecule has 0 radical (unpaired) electrons. The van der Waals surface area contributed by atoms with Crippen molar-refractivity contribution < 1.29 is 8.76 Å². The number of rotatable bonds is 4. The van der Waals surface area contributed by atoms with Crippen LogP contribution in [-0.4, -0.2) is 8.76 Å². The predicted molar refractivity (Wildman–Crippen MR) is 70.1 cm³/mol. The zero-order valence-electron chi connectivity index (χ0n) is 9.17. The van der Waals surface area contributed by atoms with E-state index in [4.69, 9.17) is 4.55 Å². The van der Waals surface area contributed by atoms with Crippen molar-refractivity contribution in [2.75, 3.05) is 4.72 Å². The Morgan fingerprint density at radius 1 is 1.00 bits per heavy atom. The second-order valence-electron chi connectivity index (χ2n) is 3.67. The molecular formula is C13H13NO2S. The van der Waals surface area contributed by atoms with Gasteiger partial charge in [0.25, 0.3) is 11.3 Å². The van der Waals surface area contributed by atoms with E-state index in [1.54, 1.807) is 6.07 Å². The van der Waals surface area contributed by atoms with Gasteiger partial charge in [-0.2, -0.15) is 0 Å². The molecule has 1 atom stereocenters. The molecule has 2 rings (SSSR count). The molecule has 0 amide bonds. The smallest absolute Gasteiger partial charge is 0.259 e. The summed E-state index contributed by atoms with van der Waals surface area (Å²) >= 11 is -2.03. The summed E-state index contributed by atoms with van der Waals surface area (Å²) < 4.78 is 22.2. The van der Waals surface area contributed by atoms with Crippen molar-refractivity contribution in [3.05, 3.63) is 65.7 Å². The molecule has 0 heterocycles. The second-order valence-corrected chi connectivity index (χ2v) is 4.37. The van der Waals surface area contributed by atoms with Crippen molar-refractivity contribution in [2.45, 2.75) is 6.42 Å². The zero-order chi connectivity index (χ0) is 12.1. The van der Waals surface area contributed by atoms with Crippen molar-refractivity contribution in [2.24, 2.45) is 0 Å². The van der Waals surface area contributed by atoms with Gasteiger partial charge >= 0.3 is 0 Å². The highest BCUT2D eigenvalue weighted by atomic mass is 32.2. The van der Waals surface area contributed by atoms with Gasteiger partial charge in [-0.25, -0.2) is 4.21 Å². The van der Waals surface area contributed by atoms with Crippen LogP contribution in [-0.2, 0) is 17.7 Å². The van der Waals surface area contributed by atoms with E-state index in [2.05, 4.69) is 4.72 Å². The maximum atomic E-state index is 10.8. The molecule has 2 aromatic rings. The molecule has 0 fully saturated rings. The standard InChI is InChI=1S/C13H13NO2S/c15-17(16)14-13-9-5-4-8-12(13)10-11-6-2-1-3-7-11/h1-9,14H,10H2,(H,15,16). The van der Waals surface area contributed by atoms with Gasteiger partial charge in [-0.1, -0.05) is 48.5 Å². The molecule has 4 heteroatoms. The van der Waals surface area contributed by atoms with E-state index in [9.17, 15) is 4.21 Å². The van der Waals surface area contributed by atoms with Gasteiger partial charge in [0, 0.05) is 0 Å². The van der Waals surface area contributed by atoms with Gasteiger partial charge in [0.15, 0.2) is 0 Å². The van der Waals surface area contributed by atoms with E-state index < -0.39 is 11.3 Å². The third-order valence-electron chi connectivity index (χ3n) is 2.45. The SMILES string of the molecule is O=S(O)Nc1ccccc1Cc1ccccc1. The van der Waals surface area contributed by atoms with Crippen LogP contribution in [0.2, 0.25) is 0 Å². The Morgan fingerprint density at radius 3 is 2.35 bits per heavy atom. The van der Waals surface area contributed by atoms with Gasteiger partial charge in [-0.3, -0.25) is 9.27 Å². The second kappa shape index (κ2) is 5.61. The summed E-state index contributed by atoms with van der Waals surface area (Å²) in [5.74, 6) is 0. The number of hydrogen-bond acceptors (Lipinski definition) is 1. The lowest BCUT2D eigenvalue weighted by atomic mass is 10.0. The third kappa shape index (κ3) is 3.41. The minimum atomic E-state index is -2.03. The van der Waals surface area contributed by atoms with E-state index in [-0.39, 0.29) is 0 Å². The summed E-state index contributed by atoms with van der Waals surface area (Å²) in [6.07, 6.45) is 0.737. The molecule has 0 aliphatic heterocycles. The van der Waals surface area contributed by atoms with Crippen molar-refractivity contribution in [1.82, 2.24) is 0 Å². The summed E-state index contributed by atoms with van der Waals surface area (Å²) in [6.45, 7) is 0. The maximum absolute atomic E-state index is 10.8. The highest BCUT2D eigenvalue weighted by Gasteiger charge is 2.04. The molecule has 0 bridgehead atoms. The van der Waals surface area contributed by atoms with Crippen LogP contribution in [0.3, 0.4) is 0 Å². The quantitative estimate of drug-likeness (QED) is 0.816. The Bertz CT molecular complexity index is 514. The number of nitrogens with one attached hydrogen (secondary N) is 1. The first-order valence-electron chi connectivity index (χ1n) is 5.25. The zero-order valence-corrected chi connectivity index (χ0v) is 9.98. The molecule has 0 saturated heterocycles. The first-order valence-corrected chi connectivity index (χ1v) is 6.36. The average Bonchev–Trinajstić information content (AvgIpc) is 2.32. The molecule has 0 aliphatic carbocycles. The van der Waals surface area contributed by atoms with E-state index in [0.29, 0.717) is 5.69 Å². The first-order chi connectivity index (χ1) is 8.25. The van der Waals surface area contributed by atoms with E-state index in [1.165, 1.54) is 5.56 Å². The van der Waals surface area contributed by atoms with Crippen molar-refractivity contribution >= 4 is 17.0 Å². The Labute approximate surface area is 103 Å². The fourth-order valence-electron chi connectivity index (χ4n) is 1.68. The molecule has 0 spiro atoms. The number of benzene rings is 2. The molecule has 3 nitrogen and oxygen atoms in total. The van der Waals surface area contributed by atoms with Gasteiger partial charge in [0.05, 0.1) is 5.69 Å². The Hall–Kier alpha value is -1.65. The molecule has 0 aliphatic rings. The summed E-state index contributed by atoms with van der Waals surface area (Å²) in [6, 6.07) is 17.5. The van der Waals surface area contributed by atoms with Crippen LogP contribution in [0.5, 0.6) is 0 Å². The van der Waals surface area contributed by atoms with Gasteiger partial charge in [0.1, 0.15) is 0 Å². The van der Waals surface area contributed by atoms with Crippen LogP contribution < -0.4 is 4.72 Å². The summed E-state index contributed by atoms with van der Waals surface area (Å²) in [4.78, 5) is 0. The lowest BCUT2D eigenvalue weighted by molar-refractivity contribution is 0.570. The fourth-order valence-corrected chi connectivity index (χ4v) is 2.07. The fraction of sp³-hybridized carbons (Fsp3) is 0.0769. The molecule has 2 N–H and O–H groups in total. The molecule has 1 unspecified atom stereocenters. The first kappa shape index (κ1) is 11.8. The number of para-hydroxylation sites is 1. The van der Waals surface area contributed by atoms with Crippen LogP contribution >= 0.6 is 0 Å². The van der Waals surface area contributed by atoms with Gasteiger partial charge in [-0.15, -0.1) is 0 Å². The van der Waals surface area contributed by atoms with E-state index in [1.807, 2.05) is 48.5 Å². The summed E-state index contributed by atoms with van der Waals surface area (Å²) in [5.41, 5.74) is 2.86. The van der Waals surface area contributed by atoms with Gasteiger partial charge < -0.3 is 0 Å². The highest BCUT2D eigenvalue weighted by molar-refractivity contribution is 7.80. The minimum absolute atomic E-state index is 0.692. The van der Waals surface area contributed by atoms with Crippen LogP contribution in [0.25, 0.3) is 0 Å². The topological polar surface area (TPSA) is 49.3 Å². The summed E-state index contributed by atoms with van der Waals surface area (Å²) in [5, 5.41) is 0. The number of anilines is 1. The average molecular weight is 247 g/mol. The van der Waals surface area contributed by atoms with Gasteiger partial charge in [0.2, 0.25) is 0 Å². The van der Waals surface area contributed by atoms with E-state index in [0.717, 1.165) is 12.0 Å². The van der Waals surface area contributed by atoms with Crippen LogP contribution in [0.15, 0.2) is 54.6 Å². The lowest BCUT2D eigenvalue weighted by Gasteiger charge is -2.09. The Kier molecular flexibility index (Phi) is 3.90. The largest absolute Gasteiger partial charge is 0.289 e. The van der Waals surface area contributed by atoms with E-state index >= 15 is 0 Å². The maximum Gasteiger partial charge on any atom is 0.259 e. The van der Waals surface area contributed by atoms with Crippen LogP contribution in [0, 0.1) is 0 Å². The summed E-state index contributed by atoms with van der Waals surface area (Å²) in [7, 11) is 0. The van der Waals surface area contributed by atoms with Crippen LogP contribution in [0.4, 0.5) is 5.69 Å². The molecule has 88 valence electrons. The third-order valence-corrected chi connectivity index (χ3v) is 2.85. The molecule has 0 saturated carbocycles. The van der Waals surface area contributed by atoms with Crippen molar-refractivity contribution in [1.29, 1.82) is 0 Å². The predicted octanol–water partition coefficient (Wildman–Crippen LogP) is 2.83. The molecule has 2 aromatic carbocycles. The van der Waals surface area contributed by atoms with Gasteiger partial charge in [-0.05, 0) is 23.6 Å². The molecule has 17 heavy (non-hydrogen) atoms. The van der Waals surface area contributed by atoms with Crippen LogP contribution in [0.1, 0.15) is 11.1 Å². The minimum Gasteiger partial charge on any atom is -0.289 e. The normalized spacial score (nSPS) is 12.1. The highest BCUT2D eigenvalue weighted by Crippen LogP contribution is 2.19. The monoisotopic (exact) mass is 247 g/mol. The Balaban J connectivity index is 2.23. The Morgan fingerprint density at radius 2 is 1.65 bits per heavy atom. The lowest BCUT2D eigenvalue weighted by Crippen LogP contribution is -2.04.